The Morgan fingerprint density at radius 3 is 2.20 bits per heavy atom. The van der Waals surface area contributed by atoms with Gasteiger partial charge in [-0.1, -0.05) is 12.1 Å². The van der Waals surface area contributed by atoms with Crippen molar-refractivity contribution in [1.29, 1.82) is 0 Å². The first-order valence-corrected chi connectivity index (χ1v) is 6.58. The third-order valence-corrected chi connectivity index (χ3v) is 3.02. The molecule has 0 aliphatic heterocycles. The fourth-order valence-electron chi connectivity index (χ4n) is 1.89. The van der Waals surface area contributed by atoms with Gasteiger partial charge in [0.2, 0.25) is 6.10 Å². The molecule has 0 saturated heterocycles. The van der Waals surface area contributed by atoms with E-state index in [0.717, 1.165) is 24.3 Å². The number of aromatic nitrogens is 1. The summed E-state index contributed by atoms with van der Waals surface area (Å²) < 4.78 is 80.4. The van der Waals surface area contributed by atoms with Gasteiger partial charge in [-0.2, -0.15) is 26.3 Å². The highest BCUT2D eigenvalue weighted by Gasteiger charge is 2.33. The lowest BCUT2D eigenvalue weighted by Gasteiger charge is -2.17. The minimum atomic E-state index is -4.69. The topological polar surface area (TPSA) is 59.4 Å². The predicted octanol–water partition coefficient (Wildman–Crippen LogP) is 4.32. The summed E-state index contributed by atoms with van der Waals surface area (Å²) in [6, 6.07) is 4.85. The molecule has 25 heavy (non-hydrogen) atoms. The van der Waals surface area contributed by atoms with Crippen molar-refractivity contribution in [2.24, 2.45) is 0 Å². The molecule has 4 nitrogen and oxygen atoms in total. The summed E-state index contributed by atoms with van der Waals surface area (Å²) in [5, 5.41) is 9.16. The third-order valence-electron chi connectivity index (χ3n) is 3.02. The van der Waals surface area contributed by atoms with Crippen molar-refractivity contribution in [3.05, 3.63) is 59.4 Å². The van der Waals surface area contributed by atoms with Crippen LogP contribution in [0.1, 0.15) is 22.9 Å². The van der Waals surface area contributed by atoms with E-state index in [9.17, 15) is 31.1 Å². The van der Waals surface area contributed by atoms with Crippen LogP contribution < -0.4 is 4.74 Å². The fourth-order valence-corrected chi connectivity index (χ4v) is 1.89. The molecular weight excluding hydrogens is 356 g/mol. The van der Waals surface area contributed by atoms with Crippen molar-refractivity contribution < 1.29 is 41.0 Å². The van der Waals surface area contributed by atoms with Crippen LogP contribution in [-0.4, -0.2) is 16.1 Å². The maximum atomic E-state index is 12.7. The molecule has 2 aromatic rings. The second kappa shape index (κ2) is 6.61. The van der Waals surface area contributed by atoms with Crippen LogP contribution in [0.5, 0.6) is 5.75 Å². The minimum absolute atomic E-state index is 0.317. The van der Waals surface area contributed by atoms with Gasteiger partial charge in [-0.3, -0.25) is 0 Å². The third kappa shape index (κ3) is 4.61. The van der Waals surface area contributed by atoms with Crippen LogP contribution in [-0.2, 0) is 17.1 Å². The molecule has 1 aromatic carbocycles. The van der Waals surface area contributed by atoms with E-state index in [0.29, 0.717) is 18.3 Å². The number of alkyl halides is 6. The molecule has 0 bridgehead atoms. The number of carboxylic acid groups (broad SMARTS) is 1. The number of hydrogen-bond donors (Lipinski definition) is 1. The number of pyridine rings is 1. The number of ether oxygens (including phenoxy) is 1. The molecule has 1 atom stereocenters. The zero-order valence-corrected chi connectivity index (χ0v) is 12.1. The van der Waals surface area contributed by atoms with Gasteiger partial charge in [0, 0.05) is 5.56 Å². The van der Waals surface area contributed by atoms with Crippen LogP contribution in [0, 0.1) is 0 Å². The number of aliphatic carboxylic acids is 1. The van der Waals surface area contributed by atoms with Gasteiger partial charge < -0.3 is 9.84 Å². The number of carboxylic acids is 1. The highest BCUT2D eigenvalue weighted by molar-refractivity contribution is 5.75. The largest absolute Gasteiger partial charge is 0.478 e. The lowest BCUT2D eigenvalue weighted by molar-refractivity contribution is -0.146. The Balaban J connectivity index is 2.29. The van der Waals surface area contributed by atoms with Gasteiger partial charge in [0.05, 0.1) is 11.8 Å². The lowest BCUT2D eigenvalue weighted by Crippen LogP contribution is -2.19. The summed E-state index contributed by atoms with van der Waals surface area (Å²) in [6.07, 6.45) is -10.6. The first-order valence-electron chi connectivity index (χ1n) is 6.58. The van der Waals surface area contributed by atoms with E-state index in [1.165, 1.54) is 0 Å². The summed E-state index contributed by atoms with van der Waals surface area (Å²) >= 11 is 0. The normalized spacial score (nSPS) is 13.4. The van der Waals surface area contributed by atoms with Crippen LogP contribution in [0.25, 0.3) is 0 Å². The Morgan fingerprint density at radius 2 is 1.72 bits per heavy atom. The van der Waals surface area contributed by atoms with E-state index >= 15 is 0 Å². The van der Waals surface area contributed by atoms with Crippen LogP contribution in [0.4, 0.5) is 26.3 Å². The zero-order valence-electron chi connectivity index (χ0n) is 12.1. The average molecular weight is 365 g/mol. The van der Waals surface area contributed by atoms with E-state index in [1.807, 2.05) is 0 Å². The van der Waals surface area contributed by atoms with Gasteiger partial charge in [0.15, 0.2) is 0 Å². The Labute approximate surface area is 136 Å². The second-order valence-corrected chi connectivity index (χ2v) is 4.84. The summed E-state index contributed by atoms with van der Waals surface area (Å²) in [4.78, 5) is 14.4. The maximum Gasteiger partial charge on any atom is 0.433 e. The van der Waals surface area contributed by atoms with Gasteiger partial charge in [-0.15, -0.1) is 0 Å². The fraction of sp³-hybridized carbons (Fsp3) is 0.200. The van der Waals surface area contributed by atoms with Crippen LogP contribution in [0.2, 0.25) is 0 Å². The number of benzene rings is 1. The smallest absolute Gasteiger partial charge is 0.433 e. The molecule has 0 fully saturated rings. The van der Waals surface area contributed by atoms with Gasteiger partial charge >= 0.3 is 18.3 Å². The molecule has 1 aromatic heterocycles. The number of rotatable bonds is 4. The molecule has 134 valence electrons. The molecule has 0 saturated carbocycles. The Kier molecular flexibility index (Phi) is 4.91. The zero-order chi connectivity index (χ0) is 18.8. The van der Waals surface area contributed by atoms with Crippen molar-refractivity contribution in [3.8, 4) is 5.75 Å². The minimum Gasteiger partial charge on any atom is -0.478 e. The first kappa shape index (κ1) is 18.6. The number of nitrogens with zero attached hydrogens (tertiary/aromatic N) is 1. The van der Waals surface area contributed by atoms with E-state index < -0.39 is 35.7 Å². The molecule has 1 heterocycles. The van der Waals surface area contributed by atoms with Crippen LogP contribution in [0.15, 0.2) is 42.6 Å². The molecule has 1 unspecified atom stereocenters. The number of carbonyl (C=O) groups is 1. The van der Waals surface area contributed by atoms with Crippen molar-refractivity contribution in [2.75, 3.05) is 0 Å². The van der Waals surface area contributed by atoms with E-state index in [4.69, 9.17) is 9.84 Å². The van der Waals surface area contributed by atoms with Gasteiger partial charge in [0.25, 0.3) is 0 Å². The van der Waals surface area contributed by atoms with Gasteiger partial charge in [0.1, 0.15) is 11.4 Å². The van der Waals surface area contributed by atoms with E-state index in [-0.39, 0.29) is 11.3 Å². The second-order valence-electron chi connectivity index (χ2n) is 4.84. The predicted molar refractivity (Wildman–Crippen MR) is 71.7 cm³/mol. The standard InChI is InChI=1S/C15H9F6NO3/c16-14(17,18)9-3-1-2-8(6-9)12(13(23)24)25-10-4-5-11(22-7-10)15(19,20)21/h1-7,12H,(H,23,24). The molecule has 10 heteroatoms. The quantitative estimate of drug-likeness (QED) is 0.820. The molecule has 2 rings (SSSR count). The molecule has 0 radical (unpaired) electrons. The Morgan fingerprint density at radius 1 is 1.04 bits per heavy atom. The Hall–Kier alpha value is -2.78. The van der Waals surface area contributed by atoms with Crippen molar-refractivity contribution in [2.45, 2.75) is 18.5 Å². The van der Waals surface area contributed by atoms with E-state index in [1.54, 1.807) is 0 Å². The lowest BCUT2D eigenvalue weighted by atomic mass is 10.1. The molecular formula is C15H9F6NO3. The molecule has 0 aliphatic carbocycles. The highest BCUT2D eigenvalue weighted by atomic mass is 19.4. The molecule has 0 amide bonds. The van der Waals surface area contributed by atoms with E-state index in [2.05, 4.69) is 4.98 Å². The maximum absolute atomic E-state index is 12.7. The monoisotopic (exact) mass is 365 g/mol. The number of hydrogen-bond acceptors (Lipinski definition) is 3. The summed E-state index contributed by atoms with van der Waals surface area (Å²) in [5.41, 5.74) is -2.61. The molecule has 0 aliphatic rings. The van der Waals surface area contributed by atoms with Crippen LogP contribution >= 0.6 is 0 Å². The SMILES string of the molecule is O=C(O)C(Oc1ccc(C(F)(F)F)nc1)c1cccc(C(F)(F)F)c1. The summed E-state index contributed by atoms with van der Waals surface area (Å²) in [7, 11) is 0. The van der Waals surface area contributed by atoms with Crippen molar-refractivity contribution in [1.82, 2.24) is 4.98 Å². The Bertz CT molecular complexity index is 755. The van der Waals surface area contributed by atoms with Crippen molar-refractivity contribution in [3.63, 3.8) is 0 Å². The van der Waals surface area contributed by atoms with Crippen molar-refractivity contribution >= 4 is 5.97 Å². The first-order chi connectivity index (χ1) is 11.5. The number of halogens is 6. The molecule has 1 N–H and O–H groups in total. The summed E-state index contributed by atoms with van der Waals surface area (Å²) in [5.74, 6) is -1.95. The molecule has 0 spiro atoms. The van der Waals surface area contributed by atoms with Gasteiger partial charge in [-0.25, -0.2) is 9.78 Å². The highest BCUT2D eigenvalue weighted by Crippen LogP contribution is 2.32. The van der Waals surface area contributed by atoms with Crippen LogP contribution in [0.3, 0.4) is 0 Å². The average Bonchev–Trinajstić information content (AvgIpc) is 2.51. The van der Waals surface area contributed by atoms with Gasteiger partial charge in [-0.05, 0) is 24.3 Å². The summed E-state index contributed by atoms with van der Waals surface area (Å²) in [6.45, 7) is 0.